The normalized spacial score (nSPS) is 14.3. The van der Waals surface area contributed by atoms with Crippen molar-refractivity contribution in [3.05, 3.63) is 89.0 Å². The third-order valence-corrected chi connectivity index (χ3v) is 6.39. The largest absolute Gasteiger partial charge is 0.497 e. The van der Waals surface area contributed by atoms with Gasteiger partial charge in [0.25, 0.3) is 0 Å². The first-order valence-corrected chi connectivity index (χ1v) is 11.7. The number of anilines is 1. The molecule has 1 fully saturated rings. The standard InChI is InChI=1S/C28H27FN2O4/c1-33-21-8-6-20(7-9-21)24-19-35-27-18-22(10-11-23(27)28(24)32)34-17-16-30-12-14-31(15-13-30)26-5-3-2-4-25(26)29/h2-11,18-19H,12-17H2,1H3. The molecule has 0 atom stereocenters. The minimum absolute atomic E-state index is 0.0873. The van der Waals surface area contributed by atoms with E-state index < -0.39 is 0 Å². The zero-order valence-electron chi connectivity index (χ0n) is 19.6. The van der Waals surface area contributed by atoms with Gasteiger partial charge < -0.3 is 18.8 Å². The van der Waals surface area contributed by atoms with E-state index in [0.29, 0.717) is 34.6 Å². The number of ether oxygens (including phenoxy) is 2. The van der Waals surface area contributed by atoms with E-state index in [1.807, 2.05) is 36.4 Å². The second kappa shape index (κ2) is 10.2. The van der Waals surface area contributed by atoms with Crippen molar-refractivity contribution >= 4 is 16.7 Å². The van der Waals surface area contributed by atoms with Crippen LogP contribution in [0.3, 0.4) is 0 Å². The topological polar surface area (TPSA) is 55.2 Å². The molecule has 5 rings (SSSR count). The summed E-state index contributed by atoms with van der Waals surface area (Å²) < 4.78 is 30.9. The second-order valence-corrected chi connectivity index (χ2v) is 8.49. The van der Waals surface area contributed by atoms with Crippen LogP contribution in [0, 0.1) is 5.82 Å². The summed E-state index contributed by atoms with van der Waals surface area (Å²) in [7, 11) is 1.60. The monoisotopic (exact) mass is 474 g/mol. The van der Waals surface area contributed by atoms with Gasteiger partial charge in [0.2, 0.25) is 0 Å². The Balaban J connectivity index is 1.18. The molecule has 0 aliphatic carbocycles. The summed E-state index contributed by atoms with van der Waals surface area (Å²) in [6, 6.07) is 19.5. The molecule has 35 heavy (non-hydrogen) atoms. The van der Waals surface area contributed by atoms with Gasteiger partial charge in [-0.25, -0.2) is 4.39 Å². The van der Waals surface area contributed by atoms with Crippen LogP contribution in [0.15, 0.2) is 82.2 Å². The van der Waals surface area contributed by atoms with Gasteiger partial charge in [-0.15, -0.1) is 0 Å². The van der Waals surface area contributed by atoms with Crippen molar-refractivity contribution in [3.8, 4) is 22.6 Å². The van der Waals surface area contributed by atoms with Gasteiger partial charge in [0.1, 0.15) is 35.8 Å². The SMILES string of the molecule is COc1ccc(-c2coc3cc(OCCN4CCN(c5ccccc5F)CC4)ccc3c2=O)cc1. The molecule has 6 nitrogen and oxygen atoms in total. The molecule has 1 aromatic heterocycles. The molecular formula is C28H27FN2O4. The first-order valence-electron chi connectivity index (χ1n) is 11.7. The molecule has 0 bridgehead atoms. The third-order valence-electron chi connectivity index (χ3n) is 6.39. The summed E-state index contributed by atoms with van der Waals surface area (Å²) in [5, 5.41) is 0.509. The van der Waals surface area contributed by atoms with Crippen molar-refractivity contribution in [1.29, 1.82) is 0 Å². The Hall–Kier alpha value is -3.84. The highest BCUT2D eigenvalue weighted by Gasteiger charge is 2.19. The summed E-state index contributed by atoms with van der Waals surface area (Å²) in [6.07, 6.45) is 1.49. The van der Waals surface area contributed by atoms with E-state index in [2.05, 4.69) is 9.80 Å². The van der Waals surface area contributed by atoms with Crippen LogP contribution >= 0.6 is 0 Å². The van der Waals surface area contributed by atoms with E-state index in [4.69, 9.17) is 13.9 Å². The van der Waals surface area contributed by atoms with Crippen LogP contribution in [0.4, 0.5) is 10.1 Å². The number of benzene rings is 3. The molecule has 0 saturated carbocycles. The molecule has 0 spiro atoms. The molecule has 0 amide bonds. The maximum atomic E-state index is 14.0. The molecule has 1 saturated heterocycles. The van der Waals surface area contributed by atoms with E-state index in [1.54, 1.807) is 31.4 Å². The fourth-order valence-corrected chi connectivity index (χ4v) is 4.38. The fourth-order valence-electron chi connectivity index (χ4n) is 4.38. The van der Waals surface area contributed by atoms with Gasteiger partial charge >= 0.3 is 0 Å². The summed E-state index contributed by atoms with van der Waals surface area (Å²) >= 11 is 0. The molecule has 3 aromatic carbocycles. The Morgan fingerprint density at radius 2 is 1.69 bits per heavy atom. The van der Waals surface area contributed by atoms with Crippen molar-refractivity contribution in [2.24, 2.45) is 0 Å². The van der Waals surface area contributed by atoms with Crippen molar-refractivity contribution in [2.75, 3.05) is 51.3 Å². The lowest BCUT2D eigenvalue weighted by Gasteiger charge is -2.36. The number of hydrogen-bond acceptors (Lipinski definition) is 6. The van der Waals surface area contributed by atoms with E-state index in [-0.39, 0.29) is 11.2 Å². The molecule has 180 valence electrons. The van der Waals surface area contributed by atoms with Gasteiger partial charge in [-0.3, -0.25) is 9.69 Å². The molecule has 0 radical (unpaired) electrons. The molecule has 7 heteroatoms. The van der Waals surface area contributed by atoms with Crippen LogP contribution in [0.25, 0.3) is 22.1 Å². The number of hydrogen-bond donors (Lipinski definition) is 0. The van der Waals surface area contributed by atoms with Gasteiger partial charge in [-0.2, -0.15) is 0 Å². The molecule has 2 heterocycles. The van der Waals surface area contributed by atoms with Crippen LogP contribution in [0.1, 0.15) is 0 Å². The number of rotatable bonds is 7. The first-order chi connectivity index (χ1) is 17.1. The van der Waals surface area contributed by atoms with Crippen molar-refractivity contribution < 1.29 is 18.3 Å². The lowest BCUT2D eigenvalue weighted by Crippen LogP contribution is -2.47. The summed E-state index contributed by atoms with van der Waals surface area (Å²) in [5.41, 5.74) is 2.34. The molecular weight excluding hydrogens is 447 g/mol. The van der Waals surface area contributed by atoms with Crippen molar-refractivity contribution in [1.82, 2.24) is 4.90 Å². The van der Waals surface area contributed by atoms with Gasteiger partial charge in [-0.05, 0) is 42.0 Å². The Morgan fingerprint density at radius 3 is 2.43 bits per heavy atom. The molecule has 0 N–H and O–H groups in total. The predicted molar refractivity (Wildman–Crippen MR) is 135 cm³/mol. The maximum absolute atomic E-state index is 14.0. The zero-order valence-corrected chi connectivity index (χ0v) is 19.6. The zero-order chi connectivity index (χ0) is 24.2. The number of para-hydroxylation sites is 1. The molecule has 1 aliphatic rings. The van der Waals surface area contributed by atoms with E-state index in [9.17, 15) is 9.18 Å². The highest BCUT2D eigenvalue weighted by molar-refractivity contribution is 5.82. The number of fused-ring (bicyclic) bond motifs is 1. The quantitative estimate of drug-likeness (QED) is 0.383. The van der Waals surface area contributed by atoms with Crippen LogP contribution in [-0.4, -0.2) is 51.3 Å². The highest BCUT2D eigenvalue weighted by Crippen LogP contribution is 2.25. The van der Waals surface area contributed by atoms with Crippen LogP contribution in [0.5, 0.6) is 11.5 Å². The Labute approximate surface area is 203 Å². The second-order valence-electron chi connectivity index (χ2n) is 8.49. The summed E-state index contributed by atoms with van der Waals surface area (Å²) in [6.45, 7) is 4.52. The third kappa shape index (κ3) is 5.00. The Morgan fingerprint density at radius 1 is 0.943 bits per heavy atom. The van der Waals surface area contributed by atoms with Gasteiger partial charge in [0, 0.05) is 38.8 Å². The lowest BCUT2D eigenvalue weighted by molar-refractivity contribution is 0.200. The summed E-state index contributed by atoms with van der Waals surface area (Å²) in [4.78, 5) is 17.4. The number of nitrogens with zero attached hydrogens (tertiary/aromatic N) is 2. The first kappa shape index (κ1) is 22.9. The van der Waals surface area contributed by atoms with E-state index >= 15 is 0 Å². The van der Waals surface area contributed by atoms with E-state index in [1.165, 1.54) is 12.3 Å². The maximum Gasteiger partial charge on any atom is 0.200 e. The van der Waals surface area contributed by atoms with Crippen molar-refractivity contribution in [3.63, 3.8) is 0 Å². The van der Waals surface area contributed by atoms with Crippen LogP contribution in [-0.2, 0) is 0 Å². The lowest BCUT2D eigenvalue weighted by atomic mass is 10.1. The van der Waals surface area contributed by atoms with Gasteiger partial charge in [0.05, 0.1) is 23.7 Å². The fraction of sp³-hybridized carbons (Fsp3) is 0.250. The van der Waals surface area contributed by atoms with Crippen molar-refractivity contribution in [2.45, 2.75) is 0 Å². The molecule has 4 aromatic rings. The summed E-state index contributed by atoms with van der Waals surface area (Å²) in [5.74, 6) is 1.21. The number of halogens is 1. The average molecular weight is 475 g/mol. The van der Waals surface area contributed by atoms with Crippen LogP contribution < -0.4 is 19.8 Å². The number of methoxy groups -OCH3 is 1. The van der Waals surface area contributed by atoms with E-state index in [0.717, 1.165) is 44.0 Å². The minimum atomic E-state index is -0.177. The minimum Gasteiger partial charge on any atom is -0.497 e. The average Bonchev–Trinajstić information content (AvgIpc) is 2.90. The van der Waals surface area contributed by atoms with Gasteiger partial charge in [0.15, 0.2) is 5.43 Å². The highest BCUT2D eigenvalue weighted by atomic mass is 19.1. The Kier molecular flexibility index (Phi) is 6.68. The predicted octanol–water partition coefficient (Wildman–Crippen LogP) is 4.81. The van der Waals surface area contributed by atoms with Crippen LogP contribution in [0.2, 0.25) is 0 Å². The number of piperazine rings is 1. The molecule has 0 unspecified atom stereocenters. The smallest absolute Gasteiger partial charge is 0.200 e. The Bertz CT molecular complexity index is 1360. The molecule has 1 aliphatic heterocycles. The van der Waals surface area contributed by atoms with Gasteiger partial charge in [-0.1, -0.05) is 24.3 Å².